The predicted molar refractivity (Wildman–Crippen MR) is 71.5 cm³/mol. The summed E-state index contributed by atoms with van der Waals surface area (Å²) >= 11 is 6.18. The summed E-state index contributed by atoms with van der Waals surface area (Å²) < 4.78 is 0. The normalized spacial score (nSPS) is 25.4. The summed E-state index contributed by atoms with van der Waals surface area (Å²) in [5.41, 5.74) is 1.27. The molecule has 1 saturated carbocycles. The summed E-state index contributed by atoms with van der Waals surface area (Å²) in [5, 5.41) is 13.5. The van der Waals surface area contributed by atoms with Crippen molar-refractivity contribution in [1.29, 1.82) is 0 Å². The Morgan fingerprint density at radius 3 is 2.71 bits per heavy atom. The first-order valence-electron chi connectivity index (χ1n) is 6.36. The van der Waals surface area contributed by atoms with Gasteiger partial charge in [-0.15, -0.1) is 0 Å². The summed E-state index contributed by atoms with van der Waals surface area (Å²) in [5.74, 6) is 0.581. The fourth-order valence-corrected chi connectivity index (χ4v) is 2.74. The molecule has 1 aliphatic rings. The van der Waals surface area contributed by atoms with Crippen LogP contribution in [0.25, 0.3) is 0 Å². The Bertz CT molecular complexity index is 359. The first kappa shape index (κ1) is 12.9. The van der Waals surface area contributed by atoms with E-state index >= 15 is 0 Å². The Kier molecular flexibility index (Phi) is 4.43. The van der Waals surface area contributed by atoms with E-state index in [4.69, 9.17) is 16.7 Å². The number of hydrogen-bond acceptors (Lipinski definition) is 2. The van der Waals surface area contributed by atoms with Crippen molar-refractivity contribution >= 4 is 11.6 Å². The van der Waals surface area contributed by atoms with E-state index in [1.54, 1.807) is 0 Å². The van der Waals surface area contributed by atoms with Gasteiger partial charge in [-0.05, 0) is 36.8 Å². The van der Waals surface area contributed by atoms with Crippen LogP contribution in [0.2, 0.25) is 5.02 Å². The molecule has 1 aromatic carbocycles. The molecule has 1 fully saturated rings. The molecule has 0 heterocycles. The summed E-state index contributed by atoms with van der Waals surface area (Å²) in [6.07, 6.45) is 3.23. The second-order valence-electron chi connectivity index (χ2n) is 4.84. The van der Waals surface area contributed by atoms with E-state index in [1.165, 1.54) is 5.56 Å². The predicted octanol–water partition coefficient (Wildman–Crippen LogP) is 2.95. The number of aliphatic hydroxyl groups is 1. The maximum Gasteiger partial charge on any atom is 0.0584 e. The highest BCUT2D eigenvalue weighted by Crippen LogP contribution is 2.40. The van der Waals surface area contributed by atoms with Crippen LogP contribution >= 0.6 is 11.6 Å². The minimum absolute atomic E-state index is 0.226. The molecule has 2 N–H and O–H groups in total. The van der Waals surface area contributed by atoms with Crippen LogP contribution in [-0.2, 0) is 0 Å². The third-order valence-electron chi connectivity index (χ3n) is 3.67. The van der Waals surface area contributed by atoms with E-state index in [0.29, 0.717) is 12.0 Å². The van der Waals surface area contributed by atoms with Crippen molar-refractivity contribution in [3.05, 3.63) is 34.9 Å². The Labute approximate surface area is 108 Å². The average Bonchev–Trinajstić information content (AvgIpc) is 2.30. The van der Waals surface area contributed by atoms with Gasteiger partial charge in [-0.1, -0.05) is 36.7 Å². The molecule has 0 saturated heterocycles. The molecule has 0 bridgehead atoms. The molecule has 17 heavy (non-hydrogen) atoms. The van der Waals surface area contributed by atoms with Gasteiger partial charge in [-0.25, -0.2) is 0 Å². The highest BCUT2D eigenvalue weighted by Gasteiger charge is 2.32. The molecular weight excluding hydrogens is 234 g/mol. The zero-order chi connectivity index (χ0) is 12.3. The lowest BCUT2D eigenvalue weighted by molar-refractivity contribution is 0.193. The Hall–Kier alpha value is -0.570. The molecule has 0 amide bonds. The van der Waals surface area contributed by atoms with Crippen LogP contribution in [0.15, 0.2) is 24.3 Å². The van der Waals surface area contributed by atoms with Gasteiger partial charge in [0, 0.05) is 17.1 Å². The summed E-state index contributed by atoms with van der Waals surface area (Å²) in [4.78, 5) is 0. The van der Waals surface area contributed by atoms with Crippen molar-refractivity contribution in [2.75, 3.05) is 6.61 Å². The molecule has 2 nitrogen and oxygen atoms in total. The van der Waals surface area contributed by atoms with Gasteiger partial charge in [0.1, 0.15) is 0 Å². The first-order valence-corrected chi connectivity index (χ1v) is 6.73. The van der Waals surface area contributed by atoms with Gasteiger partial charge in [0.15, 0.2) is 0 Å². The number of rotatable bonds is 5. The lowest BCUT2D eigenvalue weighted by Gasteiger charge is -2.38. The van der Waals surface area contributed by atoms with Crippen molar-refractivity contribution in [3.8, 4) is 0 Å². The molecule has 1 atom stereocenters. The van der Waals surface area contributed by atoms with Gasteiger partial charge in [-0.3, -0.25) is 0 Å². The van der Waals surface area contributed by atoms with Gasteiger partial charge in [0.2, 0.25) is 0 Å². The van der Waals surface area contributed by atoms with E-state index < -0.39 is 0 Å². The molecule has 0 aliphatic heterocycles. The van der Waals surface area contributed by atoms with Crippen molar-refractivity contribution < 1.29 is 5.11 Å². The number of aliphatic hydroxyl groups excluding tert-OH is 1. The van der Waals surface area contributed by atoms with E-state index in [-0.39, 0.29) is 12.6 Å². The Morgan fingerprint density at radius 2 is 2.12 bits per heavy atom. The van der Waals surface area contributed by atoms with Gasteiger partial charge in [0.05, 0.1) is 6.61 Å². The molecule has 0 unspecified atom stereocenters. The van der Waals surface area contributed by atoms with Gasteiger partial charge < -0.3 is 10.4 Å². The smallest absolute Gasteiger partial charge is 0.0584 e. The molecule has 1 aromatic rings. The minimum atomic E-state index is 0.226. The Balaban J connectivity index is 1.85. The Morgan fingerprint density at radius 1 is 1.41 bits per heavy atom. The quantitative estimate of drug-likeness (QED) is 0.846. The number of halogens is 1. The molecule has 0 spiro atoms. The fourth-order valence-electron chi connectivity index (χ4n) is 2.45. The lowest BCUT2D eigenvalue weighted by atomic mass is 9.75. The molecule has 3 heteroatoms. The van der Waals surface area contributed by atoms with E-state index in [9.17, 15) is 0 Å². The lowest BCUT2D eigenvalue weighted by Crippen LogP contribution is -2.46. The first-order chi connectivity index (χ1) is 8.24. The maximum absolute atomic E-state index is 9.14. The number of hydrogen-bond donors (Lipinski definition) is 2. The van der Waals surface area contributed by atoms with Crippen molar-refractivity contribution in [2.24, 2.45) is 0 Å². The van der Waals surface area contributed by atoms with Crippen molar-refractivity contribution in [2.45, 2.75) is 44.2 Å². The van der Waals surface area contributed by atoms with Crippen LogP contribution in [0.5, 0.6) is 0 Å². The second kappa shape index (κ2) is 5.85. The third-order valence-corrected chi connectivity index (χ3v) is 4.01. The summed E-state index contributed by atoms with van der Waals surface area (Å²) in [6, 6.07) is 8.87. The average molecular weight is 254 g/mol. The third kappa shape index (κ3) is 3.01. The number of benzene rings is 1. The van der Waals surface area contributed by atoms with Crippen LogP contribution in [0, 0.1) is 0 Å². The standard InChI is InChI=1S/C14H20ClNO/c1-2-11(9-17)16-12-7-10(8-12)13-5-3-4-6-14(13)15/h3-6,10-12,16-17H,2,7-9H2,1H3/t10?,11-,12?/m0/s1. The van der Waals surface area contributed by atoms with Gasteiger partial charge in [-0.2, -0.15) is 0 Å². The van der Waals surface area contributed by atoms with Gasteiger partial charge in [0.25, 0.3) is 0 Å². The molecule has 0 radical (unpaired) electrons. The fraction of sp³-hybridized carbons (Fsp3) is 0.571. The largest absolute Gasteiger partial charge is 0.395 e. The van der Waals surface area contributed by atoms with E-state index in [2.05, 4.69) is 18.3 Å². The van der Waals surface area contributed by atoms with Crippen molar-refractivity contribution in [3.63, 3.8) is 0 Å². The van der Waals surface area contributed by atoms with E-state index in [0.717, 1.165) is 24.3 Å². The zero-order valence-electron chi connectivity index (χ0n) is 10.2. The van der Waals surface area contributed by atoms with Crippen molar-refractivity contribution in [1.82, 2.24) is 5.32 Å². The second-order valence-corrected chi connectivity index (χ2v) is 5.25. The topological polar surface area (TPSA) is 32.3 Å². The monoisotopic (exact) mass is 253 g/mol. The molecule has 2 rings (SSSR count). The molecular formula is C14H20ClNO. The molecule has 0 aromatic heterocycles. The number of nitrogens with one attached hydrogen (secondary N) is 1. The minimum Gasteiger partial charge on any atom is -0.395 e. The summed E-state index contributed by atoms with van der Waals surface area (Å²) in [6.45, 7) is 2.32. The highest BCUT2D eigenvalue weighted by atomic mass is 35.5. The van der Waals surface area contributed by atoms with E-state index in [1.807, 2.05) is 18.2 Å². The highest BCUT2D eigenvalue weighted by molar-refractivity contribution is 6.31. The molecule has 1 aliphatic carbocycles. The maximum atomic E-state index is 9.14. The van der Waals surface area contributed by atoms with Crippen LogP contribution in [0.1, 0.15) is 37.7 Å². The van der Waals surface area contributed by atoms with Gasteiger partial charge >= 0.3 is 0 Å². The SMILES string of the molecule is CC[C@@H](CO)NC1CC(c2ccccc2Cl)C1. The van der Waals surface area contributed by atoms with Crippen LogP contribution < -0.4 is 5.32 Å². The van der Waals surface area contributed by atoms with Crippen LogP contribution in [0.4, 0.5) is 0 Å². The summed E-state index contributed by atoms with van der Waals surface area (Å²) in [7, 11) is 0. The molecule has 94 valence electrons. The van der Waals surface area contributed by atoms with Crippen LogP contribution in [0.3, 0.4) is 0 Å². The zero-order valence-corrected chi connectivity index (χ0v) is 11.0. The van der Waals surface area contributed by atoms with Crippen LogP contribution in [-0.4, -0.2) is 23.8 Å².